The maximum atomic E-state index is 12.7. The van der Waals surface area contributed by atoms with Gasteiger partial charge in [0, 0.05) is 6.42 Å². The van der Waals surface area contributed by atoms with Crippen molar-refractivity contribution in [3.05, 3.63) is 35.9 Å². The Kier molecular flexibility index (Phi) is 7.76. The van der Waals surface area contributed by atoms with Crippen LogP contribution in [-0.4, -0.2) is 36.6 Å². The molecule has 4 N–H and O–H groups in total. The molecular formula is C18H28N2O4S. The number of nitrogens with two attached hydrogens (primary N) is 2. The molecule has 0 aliphatic heterocycles. The maximum absolute atomic E-state index is 12.7. The number of primary amides is 1. The second kappa shape index (κ2) is 9.10. The molecule has 1 aromatic carbocycles. The second-order valence-corrected chi connectivity index (χ2v) is 8.71. The number of benzene rings is 1. The van der Waals surface area contributed by atoms with Gasteiger partial charge in [-0.15, -0.1) is 0 Å². The van der Waals surface area contributed by atoms with Gasteiger partial charge in [-0.25, -0.2) is 8.42 Å². The van der Waals surface area contributed by atoms with Crippen molar-refractivity contribution in [2.24, 2.45) is 11.5 Å². The van der Waals surface area contributed by atoms with Crippen LogP contribution in [0.3, 0.4) is 0 Å². The Hall–Kier alpha value is -1.73. The summed E-state index contributed by atoms with van der Waals surface area (Å²) in [7, 11) is -3.73. The van der Waals surface area contributed by atoms with E-state index in [9.17, 15) is 18.0 Å². The van der Waals surface area contributed by atoms with Gasteiger partial charge < -0.3 is 11.5 Å². The molecule has 0 spiro atoms. The van der Waals surface area contributed by atoms with E-state index in [0.717, 1.165) is 0 Å². The van der Waals surface area contributed by atoms with E-state index in [-0.39, 0.29) is 6.42 Å². The summed E-state index contributed by atoms with van der Waals surface area (Å²) in [5.74, 6) is -2.53. The molecule has 140 valence electrons. The Labute approximate surface area is 149 Å². The van der Waals surface area contributed by atoms with E-state index >= 15 is 0 Å². The predicted molar refractivity (Wildman–Crippen MR) is 98.7 cm³/mol. The fourth-order valence-electron chi connectivity index (χ4n) is 2.81. The van der Waals surface area contributed by atoms with Gasteiger partial charge in [-0.1, -0.05) is 57.0 Å². The number of Topliss-reactive ketones (excluding diaryl/α,β-unsaturated/α-hetero) is 1. The van der Waals surface area contributed by atoms with Gasteiger partial charge in [0.2, 0.25) is 5.91 Å². The van der Waals surface area contributed by atoms with Crippen LogP contribution >= 0.6 is 0 Å². The van der Waals surface area contributed by atoms with E-state index < -0.39 is 38.1 Å². The van der Waals surface area contributed by atoms with Gasteiger partial charge in [-0.2, -0.15) is 0 Å². The normalized spacial score (nSPS) is 14.2. The minimum absolute atomic E-state index is 0.137. The number of carbonyl (C=O) groups excluding carboxylic acids is 2. The molecular weight excluding hydrogens is 340 g/mol. The summed E-state index contributed by atoms with van der Waals surface area (Å²) in [6.07, 6.45) is 2.18. The lowest BCUT2D eigenvalue weighted by molar-refractivity contribution is -0.132. The van der Waals surface area contributed by atoms with E-state index in [1.54, 1.807) is 30.3 Å². The van der Waals surface area contributed by atoms with Crippen LogP contribution in [0.5, 0.6) is 0 Å². The molecule has 0 aromatic heterocycles. The van der Waals surface area contributed by atoms with E-state index in [0.29, 0.717) is 31.2 Å². The van der Waals surface area contributed by atoms with Crippen molar-refractivity contribution in [3.63, 3.8) is 0 Å². The van der Waals surface area contributed by atoms with E-state index in [1.807, 2.05) is 13.8 Å². The van der Waals surface area contributed by atoms with Crippen LogP contribution in [-0.2, 0) is 25.8 Å². The number of ketones is 1. The highest BCUT2D eigenvalue weighted by Crippen LogP contribution is 2.20. The van der Waals surface area contributed by atoms with E-state index in [1.165, 1.54) is 0 Å². The lowest BCUT2D eigenvalue weighted by atomic mass is 9.92. The lowest BCUT2D eigenvalue weighted by Gasteiger charge is -2.27. The van der Waals surface area contributed by atoms with Gasteiger partial charge in [0.1, 0.15) is 0 Å². The summed E-state index contributed by atoms with van der Waals surface area (Å²) >= 11 is 0. The van der Waals surface area contributed by atoms with Crippen LogP contribution in [0.25, 0.3) is 0 Å². The predicted octanol–water partition coefficient (Wildman–Crippen LogP) is 1.36. The van der Waals surface area contributed by atoms with Gasteiger partial charge in [-0.3, -0.25) is 9.59 Å². The molecule has 1 amide bonds. The van der Waals surface area contributed by atoms with Crippen molar-refractivity contribution >= 4 is 21.5 Å². The molecule has 0 saturated carbocycles. The van der Waals surface area contributed by atoms with Gasteiger partial charge in [0.15, 0.2) is 21.2 Å². The number of rotatable bonds is 11. The first kappa shape index (κ1) is 21.3. The topological polar surface area (TPSA) is 120 Å². The first-order valence-corrected chi connectivity index (χ1v) is 10.3. The number of carbonyl (C=O) groups is 2. The highest BCUT2D eigenvalue weighted by Gasteiger charge is 2.45. The van der Waals surface area contributed by atoms with Crippen LogP contribution in [0.4, 0.5) is 0 Å². The van der Waals surface area contributed by atoms with Crippen LogP contribution in [0.1, 0.15) is 45.1 Å². The molecule has 0 radical (unpaired) electrons. The summed E-state index contributed by atoms with van der Waals surface area (Å²) in [5, 5.41) is -0.616. The average Bonchev–Trinajstić information content (AvgIpc) is 2.54. The fourth-order valence-corrected chi connectivity index (χ4v) is 5.17. The molecule has 0 aliphatic carbocycles. The molecule has 6 nitrogen and oxygen atoms in total. The van der Waals surface area contributed by atoms with Crippen LogP contribution in [0.2, 0.25) is 0 Å². The fraction of sp³-hybridized carbons (Fsp3) is 0.556. The zero-order valence-electron chi connectivity index (χ0n) is 14.9. The summed E-state index contributed by atoms with van der Waals surface area (Å²) in [6.45, 7) is 3.78. The maximum Gasteiger partial charge on any atom is 0.246 e. The number of hydrogen-bond donors (Lipinski definition) is 2. The average molecular weight is 368 g/mol. The third-order valence-electron chi connectivity index (χ3n) is 4.30. The number of hydrogen-bond acceptors (Lipinski definition) is 5. The molecule has 0 heterocycles. The molecule has 0 bridgehead atoms. The van der Waals surface area contributed by atoms with Gasteiger partial charge in [0.25, 0.3) is 0 Å². The van der Waals surface area contributed by atoms with E-state index in [2.05, 4.69) is 0 Å². The quantitative estimate of drug-likeness (QED) is 0.571. The molecule has 1 aromatic rings. The highest BCUT2D eigenvalue weighted by atomic mass is 32.2. The molecule has 1 atom stereocenters. The Bertz CT molecular complexity index is 682. The first-order valence-electron chi connectivity index (χ1n) is 8.55. The third kappa shape index (κ3) is 5.64. The monoisotopic (exact) mass is 368 g/mol. The minimum atomic E-state index is -3.73. The Morgan fingerprint density at radius 3 is 2.04 bits per heavy atom. The zero-order chi connectivity index (χ0) is 19.1. The molecule has 7 heteroatoms. The first-order chi connectivity index (χ1) is 11.7. The molecule has 1 unspecified atom stereocenters. The summed E-state index contributed by atoms with van der Waals surface area (Å²) in [5.41, 5.74) is 9.72. The summed E-state index contributed by atoms with van der Waals surface area (Å²) in [4.78, 5) is 24.5. The van der Waals surface area contributed by atoms with Crippen molar-refractivity contribution in [3.8, 4) is 0 Å². The van der Waals surface area contributed by atoms with Crippen LogP contribution in [0, 0.1) is 0 Å². The van der Waals surface area contributed by atoms with E-state index in [4.69, 9.17) is 11.5 Å². The second-order valence-electron chi connectivity index (χ2n) is 6.43. The molecule has 1 rings (SSSR count). The van der Waals surface area contributed by atoms with Crippen molar-refractivity contribution < 1.29 is 18.0 Å². The third-order valence-corrected chi connectivity index (χ3v) is 6.65. The van der Waals surface area contributed by atoms with Crippen LogP contribution < -0.4 is 11.5 Å². The van der Waals surface area contributed by atoms with Gasteiger partial charge >= 0.3 is 0 Å². The van der Waals surface area contributed by atoms with Gasteiger partial charge in [-0.05, 0) is 18.4 Å². The minimum Gasteiger partial charge on any atom is -0.368 e. The Balaban J connectivity index is 3.08. The molecule has 0 aliphatic rings. The Morgan fingerprint density at radius 1 is 1.08 bits per heavy atom. The Morgan fingerprint density at radius 2 is 1.60 bits per heavy atom. The standard InChI is InChI=1S/C18H28N2O4S/c1-3-8-15(9-4-2)25(23,24)13-18(20,17(19)22)16(21)12-14-10-6-5-7-11-14/h5-7,10-11,15H,3-4,8-9,12-13,20H2,1-2H3,(H2,19,22). The van der Waals surface area contributed by atoms with Crippen molar-refractivity contribution in [1.29, 1.82) is 0 Å². The SMILES string of the molecule is CCCC(CCC)S(=O)(=O)CC(N)(C(N)=O)C(=O)Cc1ccccc1. The summed E-state index contributed by atoms with van der Waals surface area (Å²) < 4.78 is 25.5. The highest BCUT2D eigenvalue weighted by molar-refractivity contribution is 7.92. The van der Waals surface area contributed by atoms with Crippen molar-refractivity contribution in [2.75, 3.05) is 5.75 Å². The summed E-state index contributed by atoms with van der Waals surface area (Å²) in [6, 6.07) is 8.72. The smallest absolute Gasteiger partial charge is 0.246 e. The lowest BCUT2D eigenvalue weighted by Crippen LogP contribution is -2.63. The molecule has 0 saturated heterocycles. The zero-order valence-corrected chi connectivity index (χ0v) is 15.7. The van der Waals surface area contributed by atoms with Crippen molar-refractivity contribution in [2.45, 2.75) is 56.7 Å². The number of amides is 1. The molecule has 25 heavy (non-hydrogen) atoms. The van der Waals surface area contributed by atoms with Crippen molar-refractivity contribution in [1.82, 2.24) is 0 Å². The number of sulfone groups is 1. The van der Waals surface area contributed by atoms with Crippen LogP contribution in [0.15, 0.2) is 30.3 Å². The largest absolute Gasteiger partial charge is 0.368 e. The van der Waals surface area contributed by atoms with Gasteiger partial charge in [0.05, 0.1) is 11.0 Å². The molecule has 0 fully saturated rings.